The van der Waals surface area contributed by atoms with Crippen molar-refractivity contribution in [3.05, 3.63) is 64.1 Å². The van der Waals surface area contributed by atoms with Gasteiger partial charge in [0.2, 0.25) is 11.9 Å². The molecule has 4 N–H and O–H groups in total. The second-order valence-corrected chi connectivity index (χ2v) is 5.60. The van der Waals surface area contributed by atoms with Crippen molar-refractivity contribution in [3.63, 3.8) is 0 Å². The first-order valence-corrected chi connectivity index (χ1v) is 7.28. The Kier molecular flexibility index (Phi) is 3.92. The average molecular weight is 334 g/mol. The molecule has 22 heavy (non-hydrogen) atoms. The highest BCUT2D eigenvalue weighted by molar-refractivity contribution is 6.30. The number of hydrogen-bond acceptors (Lipinski definition) is 5. The lowest BCUT2D eigenvalue weighted by Gasteiger charge is -2.32. The summed E-state index contributed by atoms with van der Waals surface area (Å²) in [5.41, 5.74) is 13.5. The van der Waals surface area contributed by atoms with Gasteiger partial charge in [-0.15, -0.1) is 0 Å². The van der Waals surface area contributed by atoms with Crippen molar-refractivity contribution in [2.24, 2.45) is 21.5 Å². The number of rotatable bonds is 2. The summed E-state index contributed by atoms with van der Waals surface area (Å²) in [5.74, 6) is 0.414. The monoisotopic (exact) mass is 333 g/mol. The van der Waals surface area contributed by atoms with E-state index in [1.54, 1.807) is 29.2 Å². The van der Waals surface area contributed by atoms with Crippen molar-refractivity contribution in [1.82, 2.24) is 0 Å². The van der Waals surface area contributed by atoms with Gasteiger partial charge in [-0.1, -0.05) is 35.3 Å². The molecule has 7 heteroatoms. The van der Waals surface area contributed by atoms with Crippen LogP contribution >= 0.6 is 23.2 Å². The van der Waals surface area contributed by atoms with Gasteiger partial charge in [-0.05, 0) is 42.0 Å². The predicted molar refractivity (Wildman–Crippen MR) is 91.4 cm³/mol. The molecule has 5 nitrogen and oxygen atoms in total. The van der Waals surface area contributed by atoms with Gasteiger partial charge in [0.1, 0.15) is 0 Å². The van der Waals surface area contributed by atoms with Gasteiger partial charge >= 0.3 is 0 Å². The minimum Gasteiger partial charge on any atom is -0.369 e. The van der Waals surface area contributed by atoms with Crippen LogP contribution < -0.4 is 16.4 Å². The van der Waals surface area contributed by atoms with Crippen LogP contribution in [0.1, 0.15) is 11.7 Å². The molecule has 1 aliphatic rings. The summed E-state index contributed by atoms with van der Waals surface area (Å²) in [5, 5.41) is 1.29. The van der Waals surface area contributed by atoms with E-state index in [-0.39, 0.29) is 11.9 Å². The van der Waals surface area contributed by atoms with E-state index in [4.69, 9.17) is 34.7 Å². The second-order valence-electron chi connectivity index (χ2n) is 4.73. The number of hydrogen-bond donors (Lipinski definition) is 2. The van der Waals surface area contributed by atoms with Crippen LogP contribution in [-0.4, -0.2) is 11.9 Å². The van der Waals surface area contributed by atoms with E-state index in [9.17, 15) is 0 Å². The van der Waals surface area contributed by atoms with E-state index < -0.39 is 6.17 Å². The van der Waals surface area contributed by atoms with Crippen molar-refractivity contribution in [3.8, 4) is 0 Å². The molecule has 0 saturated carbocycles. The minimum atomic E-state index is -0.407. The van der Waals surface area contributed by atoms with E-state index in [0.29, 0.717) is 10.0 Å². The van der Waals surface area contributed by atoms with Crippen molar-refractivity contribution in [2.45, 2.75) is 6.17 Å². The highest BCUT2D eigenvalue weighted by Gasteiger charge is 2.27. The average Bonchev–Trinajstić information content (AvgIpc) is 2.49. The molecule has 1 atom stereocenters. The maximum atomic E-state index is 6.05. The Morgan fingerprint density at radius 3 is 2.00 bits per heavy atom. The van der Waals surface area contributed by atoms with Gasteiger partial charge in [0.05, 0.1) is 0 Å². The molecule has 2 aromatic carbocycles. The first-order chi connectivity index (χ1) is 10.5. The van der Waals surface area contributed by atoms with Gasteiger partial charge in [0, 0.05) is 15.7 Å². The van der Waals surface area contributed by atoms with Crippen LogP contribution in [0.3, 0.4) is 0 Å². The fourth-order valence-corrected chi connectivity index (χ4v) is 2.49. The number of benzene rings is 2. The van der Waals surface area contributed by atoms with E-state index >= 15 is 0 Å². The van der Waals surface area contributed by atoms with Crippen molar-refractivity contribution in [2.75, 3.05) is 4.90 Å². The third kappa shape index (κ3) is 2.86. The molecular weight excluding hydrogens is 321 g/mol. The molecule has 1 heterocycles. The number of anilines is 1. The molecule has 0 amide bonds. The molecule has 0 aliphatic carbocycles. The van der Waals surface area contributed by atoms with Crippen molar-refractivity contribution in [1.29, 1.82) is 0 Å². The summed E-state index contributed by atoms with van der Waals surface area (Å²) in [6.07, 6.45) is -0.407. The summed E-state index contributed by atoms with van der Waals surface area (Å²) in [7, 11) is 0. The van der Waals surface area contributed by atoms with Crippen LogP contribution in [0.25, 0.3) is 0 Å². The third-order valence-electron chi connectivity index (χ3n) is 3.25. The molecule has 112 valence electrons. The Morgan fingerprint density at radius 2 is 1.41 bits per heavy atom. The van der Waals surface area contributed by atoms with E-state index in [1.165, 1.54) is 0 Å². The molecule has 0 bridgehead atoms. The number of nitrogens with zero attached hydrogens (tertiary/aromatic N) is 3. The van der Waals surface area contributed by atoms with Gasteiger partial charge < -0.3 is 11.5 Å². The summed E-state index contributed by atoms with van der Waals surface area (Å²) >= 11 is 11.9. The summed E-state index contributed by atoms with van der Waals surface area (Å²) in [4.78, 5) is 10.2. The number of aliphatic imine (C=N–C) groups is 2. The minimum absolute atomic E-state index is 0.141. The molecule has 2 aromatic rings. The quantitative estimate of drug-likeness (QED) is 0.885. The first kappa shape index (κ1) is 14.7. The van der Waals surface area contributed by atoms with Crippen LogP contribution in [0.5, 0.6) is 0 Å². The Balaban J connectivity index is 2.06. The van der Waals surface area contributed by atoms with Crippen LogP contribution in [0, 0.1) is 0 Å². The van der Waals surface area contributed by atoms with Crippen LogP contribution in [0.4, 0.5) is 5.69 Å². The van der Waals surface area contributed by atoms with Gasteiger partial charge in [-0.2, -0.15) is 4.99 Å². The van der Waals surface area contributed by atoms with E-state index in [1.807, 2.05) is 24.3 Å². The van der Waals surface area contributed by atoms with Crippen LogP contribution in [0.2, 0.25) is 10.0 Å². The molecule has 1 aliphatic heterocycles. The Morgan fingerprint density at radius 1 is 0.864 bits per heavy atom. The normalized spacial score (nSPS) is 17.9. The molecule has 1 unspecified atom stereocenters. The maximum Gasteiger partial charge on any atom is 0.221 e. The number of nitrogens with two attached hydrogens (primary N) is 2. The molecule has 0 fully saturated rings. The topological polar surface area (TPSA) is 80.0 Å². The fraction of sp³-hybridized carbons (Fsp3) is 0.0667. The zero-order valence-electron chi connectivity index (χ0n) is 11.4. The number of halogens is 2. The smallest absolute Gasteiger partial charge is 0.221 e. The summed E-state index contributed by atoms with van der Waals surface area (Å²) < 4.78 is 0. The second kappa shape index (κ2) is 5.87. The van der Waals surface area contributed by atoms with Crippen LogP contribution in [0.15, 0.2) is 58.5 Å². The van der Waals surface area contributed by atoms with E-state index in [0.717, 1.165) is 11.3 Å². The molecule has 0 radical (unpaired) electrons. The van der Waals surface area contributed by atoms with Gasteiger partial charge in [0.15, 0.2) is 6.17 Å². The Bertz CT molecular complexity index is 738. The standard InChI is InChI=1S/C15H13Cl2N5/c16-10-3-1-9(2-4-10)13-20-14(18)21-15(19)22(13)12-7-5-11(17)6-8-12/h1-8,13H,(H4,18,19,20,21). The molecule has 3 rings (SSSR count). The molecular formula is C15H13Cl2N5. The van der Waals surface area contributed by atoms with Crippen molar-refractivity contribution < 1.29 is 0 Å². The van der Waals surface area contributed by atoms with E-state index in [2.05, 4.69) is 9.98 Å². The first-order valence-electron chi connectivity index (χ1n) is 6.52. The predicted octanol–water partition coefficient (Wildman–Crippen LogP) is 3.14. The zero-order valence-corrected chi connectivity index (χ0v) is 13.0. The Hall–Kier alpha value is -2.24. The summed E-state index contributed by atoms with van der Waals surface area (Å²) in [6.45, 7) is 0. The van der Waals surface area contributed by atoms with Crippen molar-refractivity contribution >= 4 is 40.8 Å². The van der Waals surface area contributed by atoms with Gasteiger partial charge in [-0.25, -0.2) is 4.99 Å². The Labute approximate surface area is 137 Å². The van der Waals surface area contributed by atoms with Gasteiger partial charge in [-0.3, -0.25) is 4.90 Å². The highest BCUT2D eigenvalue weighted by atomic mass is 35.5. The van der Waals surface area contributed by atoms with Gasteiger partial charge in [0.25, 0.3) is 0 Å². The molecule has 0 spiro atoms. The SMILES string of the molecule is NC1=NC(c2ccc(Cl)cc2)N(c2ccc(Cl)cc2)C(N)=N1. The fourth-order valence-electron chi connectivity index (χ4n) is 2.24. The number of guanidine groups is 2. The molecule has 0 aromatic heterocycles. The third-order valence-corrected chi connectivity index (χ3v) is 3.75. The lowest BCUT2D eigenvalue weighted by Crippen LogP contribution is -2.44. The summed E-state index contributed by atoms with van der Waals surface area (Å²) in [6, 6.07) is 14.6. The largest absolute Gasteiger partial charge is 0.369 e. The highest BCUT2D eigenvalue weighted by Crippen LogP contribution is 2.31. The zero-order chi connectivity index (χ0) is 15.7. The van der Waals surface area contributed by atoms with Crippen LogP contribution in [-0.2, 0) is 0 Å². The molecule has 0 saturated heterocycles. The lowest BCUT2D eigenvalue weighted by molar-refractivity contribution is 0.736. The lowest BCUT2D eigenvalue weighted by atomic mass is 10.1. The maximum absolute atomic E-state index is 6.05.